The van der Waals surface area contributed by atoms with E-state index in [2.05, 4.69) is 24.1 Å². The minimum atomic E-state index is -0.147. The summed E-state index contributed by atoms with van der Waals surface area (Å²) in [6.07, 6.45) is 1.91. The van der Waals surface area contributed by atoms with Gasteiger partial charge < -0.3 is 10.4 Å². The summed E-state index contributed by atoms with van der Waals surface area (Å²) in [6.45, 7) is 8.76. The van der Waals surface area contributed by atoms with Crippen molar-refractivity contribution < 1.29 is 9.90 Å². The fraction of sp³-hybridized carbons (Fsp3) is 0.929. The zero-order chi connectivity index (χ0) is 13.3. The average Bonchev–Trinajstić information content (AvgIpc) is 2.88. The topological polar surface area (TPSA) is 52.6 Å². The monoisotopic (exact) mass is 254 g/mol. The standard InChI is InChI=1S/C14H26N2O2/c1-9(2)6-15-14(18)10(3)16-7-11-4-5-13(17)12(11)8-16/h9-13,17H,4-8H2,1-3H3,(H,15,18). The van der Waals surface area contributed by atoms with Crippen LogP contribution >= 0.6 is 0 Å². The maximum atomic E-state index is 12.0. The van der Waals surface area contributed by atoms with Crippen LogP contribution in [0.25, 0.3) is 0 Å². The van der Waals surface area contributed by atoms with Crippen molar-refractivity contribution in [2.75, 3.05) is 19.6 Å². The van der Waals surface area contributed by atoms with Crippen molar-refractivity contribution >= 4 is 5.91 Å². The number of nitrogens with one attached hydrogen (secondary N) is 1. The number of rotatable bonds is 4. The van der Waals surface area contributed by atoms with Crippen LogP contribution in [-0.2, 0) is 4.79 Å². The van der Waals surface area contributed by atoms with Gasteiger partial charge in [0.1, 0.15) is 0 Å². The minimum Gasteiger partial charge on any atom is -0.393 e. The van der Waals surface area contributed by atoms with Crippen molar-refractivity contribution in [2.45, 2.75) is 45.8 Å². The molecule has 0 radical (unpaired) electrons. The van der Waals surface area contributed by atoms with Crippen LogP contribution in [0.3, 0.4) is 0 Å². The predicted octanol–water partition coefficient (Wildman–Crippen LogP) is 0.850. The molecule has 0 aromatic heterocycles. The lowest BCUT2D eigenvalue weighted by molar-refractivity contribution is -0.125. The summed E-state index contributed by atoms with van der Waals surface area (Å²) < 4.78 is 0. The normalized spacial score (nSPS) is 33.7. The van der Waals surface area contributed by atoms with Gasteiger partial charge in [0.25, 0.3) is 0 Å². The second kappa shape index (κ2) is 5.57. The number of carbonyl (C=O) groups excluding carboxylic acids is 1. The lowest BCUT2D eigenvalue weighted by Crippen LogP contribution is -2.45. The van der Waals surface area contributed by atoms with E-state index in [1.807, 2.05) is 6.92 Å². The molecule has 0 bridgehead atoms. The molecule has 4 unspecified atom stereocenters. The summed E-state index contributed by atoms with van der Waals surface area (Å²) in [5.41, 5.74) is 0. The largest absolute Gasteiger partial charge is 0.393 e. The van der Waals surface area contributed by atoms with E-state index in [9.17, 15) is 9.90 Å². The van der Waals surface area contributed by atoms with Crippen LogP contribution in [0.1, 0.15) is 33.6 Å². The second-order valence-electron chi connectivity index (χ2n) is 6.34. The highest BCUT2D eigenvalue weighted by molar-refractivity contribution is 5.81. The van der Waals surface area contributed by atoms with Gasteiger partial charge in [-0.15, -0.1) is 0 Å². The van der Waals surface area contributed by atoms with Gasteiger partial charge in [0.2, 0.25) is 5.91 Å². The van der Waals surface area contributed by atoms with Crippen molar-refractivity contribution in [1.29, 1.82) is 0 Å². The summed E-state index contributed by atoms with van der Waals surface area (Å²) >= 11 is 0. The van der Waals surface area contributed by atoms with Crippen molar-refractivity contribution in [2.24, 2.45) is 17.8 Å². The van der Waals surface area contributed by atoms with Crippen LogP contribution in [0, 0.1) is 17.8 Å². The smallest absolute Gasteiger partial charge is 0.237 e. The first-order valence-corrected chi connectivity index (χ1v) is 7.19. The van der Waals surface area contributed by atoms with Crippen LogP contribution in [0.4, 0.5) is 0 Å². The number of amides is 1. The Morgan fingerprint density at radius 2 is 2.06 bits per heavy atom. The van der Waals surface area contributed by atoms with Gasteiger partial charge in [-0.05, 0) is 31.6 Å². The van der Waals surface area contributed by atoms with E-state index in [1.54, 1.807) is 0 Å². The van der Waals surface area contributed by atoms with Gasteiger partial charge in [-0.1, -0.05) is 13.8 Å². The molecule has 0 spiro atoms. The predicted molar refractivity (Wildman–Crippen MR) is 71.1 cm³/mol. The Bertz CT molecular complexity index is 306. The van der Waals surface area contributed by atoms with E-state index >= 15 is 0 Å². The van der Waals surface area contributed by atoms with E-state index in [4.69, 9.17) is 0 Å². The third-order valence-electron chi connectivity index (χ3n) is 4.46. The first kappa shape index (κ1) is 13.8. The van der Waals surface area contributed by atoms with Gasteiger partial charge in [-0.3, -0.25) is 9.69 Å². The number of nitrogens with zero attached hydrogens (tertiary/aromatic N) is 1. The molecule has 104 valence electrons. The van der Waals surface area contributed by atoms with Crippen molar-refractivity contribution in [3.63, 3.8) is 0 Å². The maximum absolute atomic E-state index is 12.0. The molecule has 2 N–H and O–H groups in total. The highest BCUT2D eigenvalue weighted by atomic mass is 16.3. The third-order valence-corrected chi connectivity index (χ3v) is 4.46. The molecule has 1 saturated heterocycles. The quantitative estimate of drug-likeness (QED) is 0.782. The number of aliphatic hydroxyl groups excluding tert-OH is 1. The molecule has 4 nitrogen and oxygen atoms in total. The van der Waals surface area contributed by atoms with E-state index in [1.165, 1.54) is 0 Å². The Balaban J connectivity index is 1.83. The molecule has 1 aliphatic carbocycles. The number of hydrogen-bond acceptors (Lipinski definition) is 3. The zero-order valence-corrected chi connectivity index (χ0v) is 11.7. The minimum absolute atomic E-state index is 0.0680. The van der Waals surface area contributed by atoms with Crippen LogP contribution < -0.4 is 5.32 Å². The summed E-state index contributed by atoms with van der Waals surface area (Å²) in [5.74, 6) is 1.60. The van der Waals surface area contributed by atoms with Crippen LogP contribution in [0.15, 0.2) is 0 Å². The Morgan fingerprint density at radius 1 is 1.33 bits per heavy atom. The van der Waals surface area contributed by atoms with Gasteiger partial charge in [0.05, 0.1) is 12.1 Å². The highest BCUT2D eigenvalue weighted by Crippen LogP contribution is 2.38. The van der Waals surface area contributed by atoms with Gasteiger partial charge in [0.15, 0.2) is 0 Å². The Kier molecular flexibility index (Phi) is 4.28. The summed E-state index contributed by atoms with van der Waals surface area (Å²) in [7, 11) is 0. The Hall–Kier alpha value is -0.610. The Morgan fingerprint density at radius 3 is 2.67 bits per heavy atom. The molecule has 2 rings (SSSR count). The van der Waals surface area contributed by atoms with Gasteiger partial charge in [0, 0.05) is 25.6 Å². The summed E-state index contributed by atoms with van der Waals surface area (Å²) in [5, 5.41) is 12.9. The van der Waals surface area contributed by atoms with Gasteiger partial charge in [-0.25, -0.2) is 0 Å². The molecule has 4 atom stereocenters. The lowest BCUT2D eigenvalue weighted by Gasteiger charge is -2.25. The number of hydrogen-bond donors (Lipinski definition) is 2. The average molecular weight is 254 g/mol. The summed E-state index contributed by atoms with van der Waals surface area (Å²) in [6, 6.07) is -0.0680. The highest BCUT2D eigenvalue weighted by Gasteiger charge is 2.43. The van der Waals surface area contributed by atoms with Crippen LogP contribution in [0.2, 0.25) is 0 Å². The van der Waals surface area contributed by atoms with E-state index in [0.717, 1.165) is 32.5 Å². The second-order valence-corrected chi connectivity index (χ2v) is 6.34. The molecule has 2 fully saturated rings. The van der Waals surface area contributed by atoms with Crippen LogP contribution in [0.5, 0.6) is 0 Å². The number of aliphatic hydroxyl groups is 1. The van der Waals surface area contributed by atoms with E-state index < -0.39 is 0 Å². The molecule has 18 heavy (non-hydrogen) atoms. The van der Waals surface area contributed by atoms with E-state index in [0.29, 0.717) is 17.8 Å². The molecule has 4 heteroatoms. The number of fused-ring (bicyclic) bond motifs is 1. The molecule has 1 saturated carbocycles. The zero-order valence-electron chi connectivity index (χ0n) is 11.7. The van der Waals surface area contributed by atoms with Crippen molar-refractivity contribution in [1.82, 2.24) is 10.2 Å². The fourth-order valence-corrected chi connectivity index (χ4v) is 3.21. The summed E-state index contributed by atoms with van der Waals surface area (Å²) in [4.78, 5) is 14.2. The van der Waals surface area contributed by atoms with Crippen molar-refractivity contribution in [3.8, 4) is 0 Å². The molecule has 1 aliphatic heterocycles. The number of carbonyl (C=O) groups is 1. The first-order valence-electron chi connectivity index (χ1n) is 7.19. The molecule has 0 aromatic rings. The molecule has 0 aromatic carbocycles. The lowest BCUT2D eigenvalue weighted by atomic mass is 10.00. The SMILES string of the molecule is CC(C)CNC(=O)C(C)N1CC2CCC(O)C2C1. The first-order chi connectivity index (χ1) is 8.49. The Labute approximate surface area is 110 Å². The molecule has 1 heterocycles. The van der Waals surface area contributed by atoms with E-state index in [-0.39, 0.29) is 18.1 Å². The van der Waals surface area contributed by atoms with Crippen molar-refractivity contribution in [3.05, 3.63) is 0 Å². The molecule has 1 amide bonds. The van der Waals surface area contributed by atoms with Gasteiger partial charge >= 0.3 is 0 Å². The number of likely N-dealkylation sites (tertiary alicyclic amines) is 1. The third kappa shape index (κ3) is 2.86. The van der Waals surface area contributed by atoms with Crippen LogP contribution in [-0.4, -0.2) is 47.7 Å². The fourth-order valence-electron chi connectivity index (χ4n) is 3.21. The molecular formula is C14H26N2O2. The molecule has 2 aliphatic rings. The maximum Gasteiger partial charge on any atom is 0.237 e. The van der Waals surface area contributed by atoms with Gasteiger partial charge in [-0.2, -0.15) is 0 Å². The molecular weight excluding hydrogens is 228 g/mol.